The first-order chi connectivity index (χ1) is 15.7. The minimum atomic E-state index is -1.11. The van der Waals surface area contributed by atoms with Gasteiger partial charge in [0.15, 0.2) is 5.69 Å². The zero-order valence-electron chi connectivity index (χ0n) is 18.5. The lowest BCUT2D eigenvalue weighted by Gasteiger charge is -2.19. The number of hydrogen-bond donors (Lipinski definition) is 4. The molecule has 33 heavy (non-hydrogen) atoms. The molecule has 2 aromatic carbocycles. The predicted octanol–water partition coefficient (Wildman–Crippen LogP) is 3.41. The Morgan fingerprint density at radius 3 is 2.45 bits per heavy atom. The number of carboxylic acids is 1. The van der Waals surface area contributed by atoms with Crippen LogP contribution in [0.2, 0.25) is 0 Å². The average molecular weight is 451 g/mol. The van der Waals surface area contributed by atoms with Crippen molar-refractivity contribution in [1.29, 1.82) is 0 Å². The highest BCUT2D eigenvalue weighted by atomic mass is 16.5. The van der Waals surface area contributed by atoms with E-state index in [1.165, 1.54) is 17.8 Å². The number of ether oxygens (including phenoxy) is 1. The molecule has 4 N–H and O–H groups in total. The fraction of sp³-hybridized carbons (Fsp3) is 0.208. The van der Waals surface area contributed by atoms with Gasteiger partial charge in [0, 0.05) is 18.8 Å². The number of carbonyl (C=O) groups is 2. The van der Waals surface area contributed by atoms with Gasteiger partial charge in [-0.3, -0.25) is 9.59 Å². The molecular formula is C24H25N3O6. The number of aromatic hydroxyl groups is 1. The monoisotopic (exact) mass is 451 g/mol. The van der Waals surface area contributed by atoms with Gasteiger partial charge in [0.1, 0.15) is 11.5 Å². The Kier molecular flexibility index (Phi) is 7.02. The molecule has 1 heterocycles. The number of benzene rings is 2. The molecule has 0 spiro atoms. The summed E-state index contributed by atoms with van der Waals surface area (Å²) in [5.74, 6) is -0.739. The number of amides is 2. The Labute approximate surface area is 190 Å². The van der Waals surface area contributed by atoms with Crippen molar-refractivity contribution < 1.29 is 24.5 Å². The van der Waals surface area contributed by atoms with Crippen molar-refractivity contribution in [2.24, 2.45) is 7.05 Å². The van der Waals surface area contributed by atoms with Crippen LogP contribution in [0.3, 0.4) is 0 Å². The molecule has 0 unspecified atom stereocenters. The van der Waals surface area contributed by atoms with E-state index in [0.29, 0.717) is 16.9 Å². The van der Waals surface area contributed by atoms with Crippen LogP contribution in [0.4, 0.5) is 10.5 Å². The Morgan fingerprint density at radius 2 is 1.82 bits per heavy atom. The largest absolute Gasteiger partial charge is 0.505 e. The van der Waals surface area contributed by atoms with Gasteiger partial charge in [-0.15, -0.1) is 0 Å². The van der Waals surface area contributed by atoms with Gasteiger partial charge >= 0.3 is 12.0 Å². The van der Waals surface area contributed by atoms with Crippen LogP contribution in [0.1, 0.15) is 23.6 Å². The molecule has 9 nitrogen and oxygen atoms in total. The number of methoxy groups -OCH3 is 1. The summed E-state index contributed by atoms with van der Waals surface area (Å²) in [6.45, 7) is 1.59. The summed E-state index contributed by atoms with van der Waals surface area (Å²) < 4.78 is 6.41. The fourth-order valence-corrected chi connectivity index (χ4v) is 3.45. The molecule has 1 atom stereocenters. The van der Waals surface area contributed by atoms with Crippen molar-refractivity contribution in [3.63, 3.8) is 0 Å². The Bertz CT molecular complexity index is 1230. The number of pyridine rings is 1. The molecule has 9 heteroatoms. The van der Waals surface area contributed by atoms with Gasteiger partial charge in [-0.1, -0.05) is 30.3 Å². The fourth-order valence-electron chi connectivity index (χ4n) is 3.45. The van der Waals surface area contributed by atoms with Gasteiger partial charge in [0.25, 0.3) is 5.56 Å². The summed E-state index contributed by atoms with van der Waals surface area (Å²) in [4.78, 5) is 36.4. The second-order valence-corrected chi connectivity index (χ2v) is 7.55. The van der Waals surface area contributed by atoms with Crippen LogP contribution in [-0.2, 0) is 11.8 Å². The van der Waals surface area contributed by atoms with E-state index in [1.807, 2.05) is 30.3 Å². The van der Waals surface area contributed by atoms with Gasteiger partial charge < -0.3 is 30.2 Å². The Hall–Kier alpha value is -4.27. The maximum absolute atomic E-state index is 12.6. The summed E-state index contributed by atoms with van der Waals surface area (Å²) in [7, 11) is 3.07. The van der Waals surface area contributed by atoms with Crippen molar-refractivity contribution in [2.45, 2.75) is 19.4 Å². The molecule has 0 saturated heterocycles. The van der Waals surface area contributed by atoms with E-state index in [0.717, 1.165) is 11.1 Å². The van der Waals surface area contributed by atoms with E-state index in [2.05, 4.69) is 10.6 Å². The number of nitrogens with zero attached hydrogens (tertiary/aromatic N) is 1. The van der Waals surface area contributed by atoms with E-state index >= 15 is 0 Å². The summed E-state index contributed by atoms with van der Waals surface area (Å²) >= 11 is 0. The highest BCUT2D eigenvalue weighted by Crippen LogP contribution is 2.27. The van der Waals surface area contributed by atoms with Crippen molar-refractivity contribution in [2.75, 3.05) is 12.4 Å². The second kappa shape index (κ2) is 9.90. The molecule has 1 aromatic heterocycles. The molecule has 0 saturated carbocycles. The molecule has 0 aliphatic rings. The van der Waals surface area contributed by atoms with Gasteiger partial charge in [0.2, 0.25) is 0 Å². The smallest absolute Gasteiger partial charge is 0.319 e. The molecule has 172 valence electrons. The Balaban J connectivity index is 1.87. The molecule has 3 rings (SSSR count). The third-order valence-electron chi connectivity index (χ3n) is 5.17. The molecule has 2 amide bonds. The van der Waals surface area contributed by atoms with Gasteiger partial charge in [-0.25, -0.2) is 4.79 Å². The molecule has 0 fully saturated rings. The number of aliphatic carboxylic acids is 1. The minimum Gasteiger partial charge on any atom is -0.505 e. The van der Waals surface area contributed by atoms with Crippen molar-refractivity contribution in [3.05, 3.63) is 76.2 Å². The first-order valence-electron chi connectivity index (χ1n) is 10.1. The van der Waals surface area contributed by atoms with Crippen molar-refractivity contribution >= 4 is 17.7 Å². The standard InChI is InChI=1S/C24H25N3O6/c1-14-13-27(2)23(31)21(22(14)30)26-24(32)25-19(12-20(28)29)17-6-4-5-16(11-17)15-7-9-18(33-3)10-8-15/h4-11,13,19,30H,12H2,1-3H3,(H,28,29)(H2,25,26,32)/t19-/m0/s1. The second-order valence-electron chi connectivity index (χ2n) is 7.55. The van der Waals surface area contributed by atoms with Crippen molar-refractivity contribution in [1.82, 2.24) is 9.88 Å². The topological polar surface area (TPSA) is 130 Å². The maximum atomic E-state index is 12.6. The van der Waals surface area contributed by atoms with E-state index in [4.69, 9.17) is 4.74 Å². The lowest BCUT2D eigenvalue weighted by Crippen LogP contribution is -2.36. The summed E-state index contributed by atoms with van der Waals surface area (Å²) in [5, 5.41) is 24.5. The van der Waals surface area contributed by atoms with Crippen LogP contribution in [0.5, 0.6) is 11.5 Å². The first kappa shape index (κ1) is 23.4. The molecule has 0 radical (unpaired) electrons. The average Bonchev–Trinajstić information content (AvgIpc) is 2.80. The number of anilines is 1. The quantitative estimate of drug-likeness (QED) is 0.436. The number of aryl methyl sites for hydroxylation is 2. The highest BCUT2D eigenvalue weighted by Gasteiger charge is 2.21. The van der Waals surface area contributed by atoms with Crippen LogP contribution in [0.15, 0.2) is 59.5 Å². The summed E-state index contributed by atoms with van der Waals surface area (Å²) in [6, 6.07) is 12.8. The molecule has 0 bridgehead atoms. The summed E-state index contributed by atoms with van der Waals surface area (Å²) in [5.41, 5.74) is 1.83. The van der Waals surface area contributed by atoms with Gasteiger partial charge in [-0.05, 0) is 41.8 Å². The number of aromatic nitrogens is 1. The zero-order chi connectivity index (χ0) is 24.1. The van der Waals surface area contributed by atoms with Crippen LogP contribution in [0, 0.1) is 6.92 Å². The number of carbonyl (C=O) groups excluding carboxylic acids is 1. The molecule has 3 aromatic rings. The Morgan fingerprint density at radius 1 is 1.12 bits per heavy atom. The zero-order valence-corrected chi connectivity index (χ0v) is 18.5. The molecule has 0 aliphatic carbocycles. The number of carboxylic acid groups (broad SMARTS) is 1. The lowest BCUT2D eigenvalue weighted by molar-refractivity contribution is -0.137. The van der Waals surface area contributed by atoms with E-state index in [-0.39, 0.29) is 17.9 Å². The van der Waals surface area contributed by atoms with E-state index in [1.54, 1.807) is 32.2 Å². The van der Waals surface area contributed by atoms with Crippen LogP contribution in [0.25, 0.3) is 11.1 Å². The molecular weight excluding hydrogens is 426 g/mol. The van der Waals surface area contributed by atoms with Crippen molar-refractivity contribution in [3.8, 4) is 22.6 Å². The SMILES string of the molecule is COc1ccc(-c2cccc([C@H](CC(=O)O)NC(=O)Nc3c(O)c(C)cn(C)c3=O)c2)cc1. The third-order valence-corrected chi connectivity index (χ3v) is 5.17. The number of urea groups is 1. The highest BCUT2D eigenvalue weighted by molar-refractivity contribution is 5.91. The number of hydrogen-bond acceptors (Lipinski definition) is 5. The van der Waals surface area contributed by atoms with Gasteiger partial charge in [-0.2, -0.15) is 0 Å². The third kappa shape index (κ3) is 5.51. The molecule has 0 aliphatic heterocycles. The number of nitrogens with one attached hydrogen (secondary N) is 2. The lowest BCUT2D eigenvalue weighted by atomic mass is 9.98. The first-order valence-corrected chi connectivity index (χ1v) is 10.1. The van der Waals surface area contributed by atoms with E-state index < -0.39 is 23.6 Å². The number of rotatable bonds is 7. The van der Waals surface area contributed by atoms with Crippen LogP contribution in [-0.4, -0.2) is 33.9 Å². The van der Waals surface area contributed by atoms with E-state index in [9.17, 15) is 24.6 Å². The van der Waals surface area contributed by atoms with Crippen LogP contribution < -0.4 is 20.9 Å². The maximum Gasteiger partial charge on any atom is 0.319 e. The predicted molar refractivity (Wildman–Crippen MR) is 124 cm³/mol. The normalized spacial score (nSPS) is 11.5. The van der Waals surface area contributed by atoms with Crippen LogP contribution >= 0.6 is 0 Å². The minimum absolute atomic E-state index is 0.281. The summed E-state index contributed by atoms with van der Waals surface area (Å²) in [6.07, 6.45) is 1.07. The van der Waals surface area contributed by atoms with Gasteiger partial charge in [0.05, 0.1) is 19.6 Å².